The Morgan fingerprint density at radius 3 is 1.79 bits per heavy atom. The molecule has 4 heteroatoms. The maximum atomic E-state index is 8.51. The Balaban J connectivity index is 1.32. The number of fused-ring (bicyclic) bond motifs is 3. The second-order valence-corrected chi connectivity index (χ2v) is 9.74. The molecular weight excluding hydrogens is 526 g/mol. The first-order valence-corrected chi connectivity index (χ1v) is 13.5. The Hall–Kier alpha value is -5.87. The van der Waals surface area contributed by atoms with Crippen LogP contribution >= 0.6 is 0 Å². The first kappa shape index (κ1) is 16.5. The summed E-state index contributed by atoms with van der Waals surface area (Å²) in [4.78, 5) is 14.6. The first-order valence-electron chi connectivity index (χ1n) is 18.5. The minimum atomic E-state index is -0.472. The molecule has 6 aromatic carbocycles. The fraction of sp³-hybridized carbons (Fsp3) is 0. The van der Waals surface area contributed by atoms with E-state index in [1.54, 1.807) is 54.6 Å². The summed E-state index contributed by atoms with van der Waals surface area (Å²) in [6.07, 6.45) is 0. The Labute approximate surface area is 263 Å². The van der Waals surface area contributed by atoms with Crippen LogP contribution in [0.2, 0.25) is 0 Å². The van der Waals surface area contributed by atoms with E-state index in [2.05, 4.69) is 0 Å². The Morgan fingerprint density at radius 1 is 0.442 bits per heavy atom. The van der Waals surface area contributed by atoms with Gasteiger partial charge in [0.1, 0.15) is 11.2 Å². The predicted octanol–water partition coefficient (Wildman–Crippen LogP) is 10.1. The molecule has 0 aliphatic carbocycles. The largest absolute Gasteiger partial charge is 0.456 e. The van der Waals surface area contributed by atoms with Crippen LogP contribution < -0.4 is 0 Å². The molecule has 0 amide bonds. The van der Waals surface area contributed by atoms with E-state index >= 15 is 0 Å². The van der Waals surface area contributed by atoms with Gasteiger partial charge in [0, 0.05) is 27.5 Å². The summed E-state index contributed by atoms with van der Waals surface area (Å²) < 4.78 is 88.8. The van der Waals surface area contributed by atoms with Gasteiger partial charge in [-0.05, 0) is 46.5 Å². The maximum Gasteiger partial charge on any atom is 0.164 e. The lowest BCUT2D eigenvalue weighted by molar-refractivity contribution is 0.669. The van der Waals surface area contributed by atoms with Crippen molar-refractivity contribution in [3.05, 3.63) is 151 Å². The molecule has 202 valence electrons. The zero-order chi connectivity index (χ0) is 37.3. The number of hydrogen-bond donors (Lipinski definition) is 0. The van der Waals surface area contributed by atoms with Gasteiger partial charge in [0.15, 0.2) is 17.5 Å². The fourth-order valence-electron chi connectivity index (χ4n) is 5.11. The molecule has 0 aliphatic heterocycles. The molecule has 0 saturated carbocycles. The summed E-state index contributed by atoms with van der Waals surface area (Å²) in [6, 6.07) is 22.9. The van der Waals surface area contributed by atoms with Crippen molar-refractivity contribution in [3.8, 4) is 56.4 Å². The van der Waals surface area contributed by atoms with Gasteiger partial charge in [-0.15, -0.1) is 0 Å². The third-order valence-corrected chi connectivity index (χ3v) is 7.10. The summed E-state index contributed by atoms with van der Waals surface area (Å²) in [5, 5.41) is 1.39. The van der Waals surface area contributed by atoms with Crippen molar-refractivity contribution in [2.24, 2.45) is 0 Å². The van der Waals surface area contributed by atoms with Gasteiger partial charge in [0.05, 0.1) is 13.7 Å². The van der Waals surface area contributed by atoms with Gasteiger partial charge in [-0.2, -0.15) is 0 Å². The van der Waals surface area contributed by atoms with Crippen LogP contribution in [0.1, 0.15) is 13.7 Å². The van der Waals surface area contributed by atoms with Crippen molar-refractivity contribution >= 4 is 21.9 Å². The third-order valence-electron chi connectivity index (χ3n) is 7.10. The van der Waals surface area contributed by atoms with Crippen LogP contribution in [0.5, 0.6) is 0 Å². The number of furan rings is 1. The van der Waals surface area contributed by atoms with E-state index in [0.717, 1.165) is 5.56 Å². The molecule has 2 aromatic heterocycles. The van der Waals surface area contributed by atoms with E-state index in [0.29, 0.717) is 55.8 Å². The number of rotatable bonds is 5. The molecule has 8 aromatic rings. The fourth-order valence-corrected chi connectivity index (χ4v) is 5.11. The highest BCUT2D eigenvalue weighted by Gasteiger charge is 2.18. The van der Waals surface area contributed by atoms with Crippen LogP contribution in [-0.4, -0.2) is 15.0 Å². The molecule has 0 aliphatic rings. The lowest BCUT2D eigenvalue weighted by atomic mass is 10.0. The van der Waals surface area contributed by atoms with Gasteiger partial charge in [-0.25, -0.2) is 15.0 Å². The molecule has 0 radical (unpaired) electrons. The smallest absolute Gasteiger partial charge is 0.164 e. The van der Waals surface area contributed by atoms with E-state index in [1.165, 1.54) is 0 Å². The highest BCUT2D eigenvalue weighted by atomic mass is 16.3. The van der Waals surface area contributed by atoms with Crippen molar-refractivity contribution < 1.29 is 18.1 Å². The van der Waals surface area contributed by atoms with Gasteiger partial charge < -0.3 is 4.42 Å². The lowest BCUT2D eigenvalue weighted by Crippen LogP contribution is -2.00. The molecule has 0 bridgehead atoms. The zero-order valence-electron chi connectivity index (χ0n) is 32.4. The first-order chi connectivity index (χ1) is 25.4. The number of hydrogen-bond acceptors (Lipinski definition) is 4. The van der Waals surface area contributed by atoms with E-state index in [9.17, 15) is 0 Å². The molecular formula is C39H25N3O. The minimum Gasteiger partial charge on any atom is -0.456 e. The summed E-state index contributed by atoms with van der Waals surface area (Å²) in [5.41, 5.74) is 3.77. The lowest BCUT2D eigenvalue weighted by Gasteiger charge is -2.10. The molecule has 8 rings (SSSR count). The van der Waals surface area contributed by atoms with Crippen molar-refractivity contribution in [2.75, 3.05) is 0 Å². The van der Waals surface area contributed by atoms with E-state index in [-0.39, 0.29) is 41.1 Å². The Morgan fingerprint density at radius 2 is 1.05 bits per heavy atom. The Bertz CT molecular complexity index is 2750. The SMILES string of the molecule is [2H]c1c([2H])c([2H])c(-c2cccc(-c3nc(-c4ccccc4)nc(-c4cccc5oc6cc(-c7c([2H])c([2H])c([2H])c([2H])c7[2H])ccc6c45)n3)c2)c([2H])c1[2H]. The van der Waals surface area contributed by atoms with Crippen LogP contribution in [0.4, 0.5) is 0 Å². The Kier molecular flexibility index (Phi) is 4.04. The molecule has 0 N–H and O–H groups in total. The quantitative estimate of drug-likeness (QED) is 0.210. The molecule has 0 atom stereocenters. The van der Waals surface area contributed by atoms with Gasteiger partial charge in [0.2, 0.25) is 0 Å². The summed E-state index contributed by atoms with van der Waals surface area (Å²) in [6.45, 7) is 0. The number of nitrogens with zero attached hydrogens (tertiary/aromatic N) is 3. The highest BCUT2D eigenvalue weighted by Crippen LogP contribution is 2.38. The number of benzene rings is 6. The van der Waals surface area contributed by atoms with Crippen molar-refractivity contribution in [1.82, 2.24) is 15.0 Å². The number of aromatic nitrogens is 3. The average molecular weight is 562 g/mol. The second-order valence-electron chi connectivity index (χ2n) is 9.74. The van der Waals surface area contributed by atoms with Crippen molar-refractivity contribution in [1.29, 1.82) is 0 Å². The third kappa shape index (κ3) is 4.65. The molecule has 2 heterocycles. The van der Waals surface area contributed by atoms with Crippen LogP contribution in [0, 0.1) is 0 Å². The van der Waals surface area contributed by atoms with Gasteiger partial charge >= 0.3 is 0 Å². The monoisotopic (exact) mass is 561 g/mol. The van der Waals surface area contributed by atoms with Crippen LogP contribution in [-0.2, 0) is 0 Å². The van der Waals surface area contributed by atoms with Crippen molar-refractivity contribution in [2.45, 2.75) is 0 Å². The minimum absolute atomic E-state index is 0.0630. The molecule has 0 fully saturated rings. The second kappa shape index (κ2) is 10.5. The van der Waals surface area contributed by atoms with E-state index in [4.69, 9.17) is 33.1 Å². The summed E-state index contributed by atoms with van der Waals surface area (Å²) >= 11 is 0. The maximum absolute atomic E-state index is 8.51. The van der Waals surface area contributed by atoms with E-state index in [1.807, 2.05) is 36.4 Å². The standard InChI is InChI=1S/C39H25N3O/c1-4-12-26(13-5-1)29-18-10-19-31(24-29)38-40-37(28-16-8-3-9-17-28)41-39(42-38)33-20-11-21-34-36(33)32-23-22-30(25-35(32)43-34)27-14-6-2-7-15-27/h1-25H/i1D,2D,4D,5D,6D,7D,12D,13D,14D,15D. The molecule has 0 unspecified atom stereocenters. The van der Waals surface area contributed by atoms with Crippen molar-refractivity contribution in [3.63, 3.8) is 0 Å². The van der Waals surface area contributed by atoms with Crippen LogP contribution in [0.3, 0.4) is 0 Å². The van der Waals surface area contributed by atoms with Gasteiger partial charge in [-0.1, -0.05) is 127 Å². The molecule has 43 heavy (non-hydrogen) atoms. The predicted molar refractivity (Wildman–Crippen MR) is 174 cm³/mol. The highest BCUT2D eigenvalue weighted by molar-refractivity contribution is 6.12. The van der Waals surface area contributed by atoms with Gasteiger partial charge in [-0.3, -0.25) is 0 Å². The van der Waals surface area contributed by atoms with Crippen LogP contribution in [0.25, 0.3) is 78.4 Å². The average Bonchev–Trinajstić information content (AvgIpc) is 3.56. The van der Waals surface area contributed by atoms with Crippen LogP contribution in [0.15, 0.2) is 156 Å². The molecule has 4 nitrogen and oxygen atoms in total. The normalized spacial score (nSPS) is 14.5. The van der Waals surface area contributed by atoms with E-state index < -0.39 is 36.3 Å². The topological polar surface area (TPSA) is 51.8 Å². The molecule has 0 spiro atoms. The molecule has 0 saturated heterocycles. The summed E-state index contributed by atoms with van der Waals surface area (Å²) in [7, 11) is 0. The van der Waals surface area contributed by atoms with Gasteiger partial charge in [0.25, 0.3) is 0 Å². The zero-order valence-corrected chi connectivity index (χ0v) is 22.4. The summed E-state index contributed by atoms with van der Waals surface area (Å²) in [5.74, 6) is 0.994.